The molecule has 4 aromatic rings. The Bertz CT molecular complexity index is 1080. The molecule has 0 bridgehead atoms. The Morgan fingerprint density at radius 1 is 1.16 bits per heavy atom. The average Bonchev–Trinajstić information content (AvgIpc) is 3.16. The number of aromatic nitrogens is 3. The maximum atomic E-state index is 12.5. The Kier molecular flexibility index (Phi) is 3.93. The average molecular weight is 353 g/mol. The maximum absolute atomic E-state index is 12.5. The molecule has 5 nitrogen and oxygen atoms in total. The van der Waals surface area contributed by atoms with Gasteiger partial charge in [0.25, 0.3) is 5.91 Å². The molecule has 25 heavy (non-hydrogen) atoms. The molecule has 4 rings (SSSR count). The molecule has 2 aromatic heterocycles. The minimum atomic E-state index is -0.161. The van der Waals surface area contributed by atoms with E-state index >= 15 is 0 Å². The number of aryl methyl sites for hydroxylation is 1. The Morgan fingerprint density at radius 3 is 2.88 bits per heavy atom. The monoisotopic (exact) mass is 352 g/mol. The summed E-state index contributed by atoms with van der Waals surface area (Å²) in [6.45, 7) is 1.18. The number of benzene rings is 2. The molecule has 126 valence electrons. The first-order valence-corrected chi connectivity index (χ1v) is 8.45. The quantitative estimate of drug-likeness (QED) is 0.610. The summed E-state index contributed by atoms with van der Waals surface area (Å²) in [5, 5.41) is 10.00. The molecule has 0 atom stereocenters. The summed E-state index contributed by atoms with van der Waals surface area (Å²) in [6.07, 6.45) is 2.00. The molecule has 2 aromatic carbocycles. The van der Waals surface area contributed by atoms with Crippen LogP contribution in [0.3, 0.4) is 0 Å². The number of hydrogen-bond donors (Lipinski definition) is 1. The van der Waals surface area contributed by atoms with Gasteiger partial charge in [-0.2, -0.15) is 5.10 Å². The van der Waals surface area contributed by atoms with Crippen LogP contribution in [-0.2, 0) is 13.6 Å². The molecule has 0 aliphatic heterocycles. The summed E-state index contributed by atoms with van der Waals surface area (Å²) in [4.78, 5) is 12.5. The molecule has 2 heterocycles. The highest BCUT2D eigenvalue weighted by molar-refractivity contribution is 6.31. The first-order valence-electron chi connectivity index (χ1n) is 8.08. The Hall–Kier alpha value is -2.79. The van der Waals surface area contributed by atoms with Gasteiger partial charge in [-0.15, -0.1) is 0 Å². The van der Waals surface area contributed by atoms with Gasteiger partial charge in [0.1, 0.15) is 0 Å². The molecule has 0 fully saturated rings. The van der Waals surface area contributed by atoms with Gasteiger partial charge in [0.15, 0.2) is 5.69 Å². The van der Waals surface area contributed by atoms with E-state index in [0.29, 0.717) is 23.8 Å². The van der Waals surface area contributed by atoms with Crippen LogP contribution in [0.5, 0.6) is 0 Å². The Labute approximate surface area is 149 Å². The molecule has 0 radical (unpaired) electrons. The second kappa shape index (κ2) is 6.26. The van der Waals surface area contributed by atoms with Crippen molar-refractivity contribution in [3.8, 4) is 0 Å². The van der Waals surface area contributed by atoms with E-state index in [4.69, 9.17) is 11.6 Å². The molecule has 0 saturated heterocycles. The lowest BCUT2D eigenvalue weighted by Crippen LogP contribution is -2.27. The fourth-order valence-electron chi connectivity index (χ4n) is 3.11. The van der Waals surface area contributed by atoms with Crippen LogP contribution in [0.1, 0.15) is 10.5 Å². The van der Waals surface area contributed by atoms with Crippen molar-refractivity contribution in [2.45, 2.75) is 6.54 Å². The highest BCUT2D eigenvalue weighted by Crippen LogP contribution is 2.20. The number of carbonyl (C=O) groups is 1. The van der Waals surface area contributed by atoms with Crippen LogP contribution in [0.25, 0.3) is 21.8 Å². The minimum Gasteiger partial charge on any atom is -0.349 e. The summed E-state index contributed by atoms with van der Waals surface area (Å²) in [5.41, 5.74) is 2.46. The molecule has 0 aliphatic rings. The van der Waals surface area contributed by atoms with Crippen LogP contribution in [-0.4, -0.2) is 26.8 Å². The van der Waals surface area contributed by atoms with E-state index in [9.17, 15) is 4.79 Å². The molecule has 1 N–H and O–H groups in total. The van der Waals surface area contributed by atoms with Crippen molar-refractivity contribution in [2.75, 3.05) is 6.54 Å². The van der Waals surface area contributed by atoms with E-state index in [1.165, 1.54) is 0 Å². The van der Waals surface area contributed by atoms with Gasteiger partial charge in [0.05, 0.1) is 5.52 Å². The van der Waals surface area contributed by atoms with Crippen molar-refractivity contribution in [1.29, 1.82) is 0 Å². The third kappa shape index (κ3) is 2.87. The zero-order valence-corrected chi connectivity index (χ0v) is 14.5. The number of amides is 1. The molecule has 0 unspecified atom stereocenters. The second-order valence-corrected chi connectivity index (χ2v) is 6.39. The first kappa shape index (κ1) is 15.7. The van der Waals surface area contributed by atoms with Crippen LogP contribution < -0.4 is 5.32 Å². The fraction of sp³-hybridized carbons (Fsp3) is 0.158. The molecule has 0 saturated carbocycles. The zero-order valence-electron chi connectivity index (χ0n) is 13.7. The number of para-hydroxylation sites is 1. The third-order valence-corrected chi connectivity index (χ3v) is 4.58. The van der Waals surface area contributed by atoms with Gasteiger partial charge in [0, 0.05) is 42.3 Å². The molecular formula is C19H17ClN4O. The van der Waals surface area contributed by atoms with E-state index in [2.05, 4.69) is 15.0 Å². The van der Waals surface area contributed by atoms with E-state index < -0.39 is 0 Å². The topological polar surface area (TPSA) is 51.9 Å². The van der Waals surface area contributed by atoms with Gasteiger partial charge in [0.2, 0.25) is 0 Å². The largest absolute Gasteiger partial charge is 0.349 e. The number of rotatable bonds is 4. The summed E-state index contributed by atoms with van der Waals surface area (Å²) < 4.78 is 3.81. The van der Waals surface area contributed by atoms with Crippen LogP contribution in [0, 0.1) is 0 Å². The maximum Gasteiger partial charge on any atom is 0.272 e. The lowest BCUT2D eigenvalue weighted by atomic mass is 10.2. The van der Waals surface area contributed by atoms with Crippen molar-refractivity contribution < 1.29 is 4.79 Å². The summed E-state index contributed by atoms with van der Waals surface area (Å²) in [6, 6.07) is 15.6. The van der Waals surface area contributed by atoms with Crippen molar-refractivity contribution in [3.63, 3.8) is 0 Å². The van der Waals surface area contributed by atoms with Crippen molar-refractivity contribution >= 4 is 39.3 Å². The number of halogens is 1. The van der Waals surface area contributed by atoms with E-state index in [1.54, 1.807) is 4.68 Å². The number of fused-ring (bicyclic) bond motifs is 2. The number of hydrogen-bond acceptors (Lipinski definition) is 2. The third-order valence-electron chi connectivity index (χ3n) is 4.35. The van der Waals surface area contributed by atoms with Gasteiger partial charge >= 0.3 is 0 Å². The predicted octanol–water partition coefficient (Wildman–Crippen LogP) is 3.61. The first-order chi connectivity index (χ1) is 12.1. The van der Waals surface area contributed by atoms with Crippen LogP contribution in [0.2, 0.25) is 5.02 Å². The SMILES string of the molecule is Cn1nc(C(=O)NCCn2ccc3ccc(Cl)cc32)c2ccccc21. The normalized spacial score (nSPS) is 11.3. The van der Waals surface area contributed by atoms with Gasteiger partial charge in [-0.05, 0) is 29.7 Å². The zero-order chi connectivity index (χ0) is 17.4. The molecule has 0 spiro atoms. The highest BCUT2D eigenvalue weighted by atomic mass is 35.5. The lowest BCUT2D eigenvalue weighted by molar-refractivity contribution is 0.0948. The van der Waals surface area contributed by atoms with Crippen molar-refractivity contribution in [1.82, 2.24) is 19.7 Å². The van der Waals surface area contributed by atoms with Crippen LogP contribution in [0.15, 0.2) is 54.7 Å². The Morgan fingerprint density at radius 2 is 2.00 bits per heavy atom. The summed E-state index contributed by atoms with van der Waals surface area (Å²) >= 11 is 6.08. The van der Waals surface area contributed by atoms with Gasteiger partial charge < -0.3 is 9.88 Å². The van der Waals surface area contributed by atoms with Gasteiger partial charge in [-0.1, -0.05) is 35.9 Å². The van der Waals surface area contributed by atoms with Gasteiger partial charge in [-0.25, -0.2) is 0 Å². The molecule has 0 aliphatic carbocycles. The number of carbonyl (C=O) groups excluding carboxylic acids is 1. The Balaban J connectivity index is 1.49. The summed E-state index contributed by atoms with van der Waals surface area (Å²) in [5.74, 6) is -0.161. The lowest BCUT2D eigenvalue weighted by Gasteiger charge is -2.07. The van der Waals surface area contributed by atoms with Crippen molar-refractivity contribution in [2.24, 2.45) is 7.05 Å². The van der Waals surface area contributed by atoms with E-state index in [1.807, 2.05) is 61.8 Å². The van der Waals surface area contributed by atoms with E-state index in [-0.39, 0.29) is 5.91 Å². The van der Waals surface area contributed by atoms with E-state index in [0.717, 1.165) is 21.8 Å². The highest BCUT2D eigenvalue weighted by Gasteiger charge is 2.15. The molecular weight excluding hydrogens is 336 g/mol. The van der Waals surface area contributed by atoms with Crippen molar-refractivity contribution in [3.05, 3.63) is 65.4 Å². The van der Waals surface area contributed by atoms with Crippen LogP contribution in [0.4, 0.5) is 0 Å². The smallest absolute Gasteiger partial charge is 0.272 e. The number of nitrogens with zero attached hydrogens (tertiary/aromatic N) is 3. The standard InChI is InChI=1S/C19H17ClN4O/c1-23-16-5-3-2-4-15(16)18(22-23)19(25)21-9-11-24-10-8-13-6-7-14(20)12-17(13)24/h2-8,10,12H,9,11H2,1H3,(H,21,25). The molecule has 6 heteroatoms. The van der Waals surface area contributed by atoms with Gasteiger partial charge in [-0.3, -0.25) is 9.48 Å². The predicted molar refractivity (Wildman–Crippen MR) is 100.0 cm³/mol. The molecule has 1 amide bonds. The van der Waals surface area contributed by atoms with Crippen LogP contribution >= 0.6 is 11.6 Å². The second-order valence-electron chi connectivity index (χ2n) is 5.96. The summed E-state index contributed by atoms with van der Waals surface area (Å²) in [7, 11) is 1.84. The number of nitrogens with one attached hydrogen (secondary N) is 1. The minimum absolute atomic E-state index is 0.161. The fourth-order valence-corrected chi connectivity index (χ4v) is 3.27.